The van der Waals surface area contributed by atoms with Gasteiger partial charge < -0.3 is 15.4 Å². The molecule has 1 aliphatic rings. The zero-order valence-corrected chi connectivity index (χ0v) is 12.2. The minimum Gasteiger partial charge on any atom is -0.368 e. The lowest BCUT2D eigenvalue weighted by molar-refractivity contribution is -0.123. The van der Waals surface area contributed by atoms with E-state index in [1.165, 1.54) is 0 Å². The van der Waals surface area contributed by atoms with Gasteiger partial charge in [0, 0.05) is 0 Å². The van der Waals surface area contributed by atoms with E-state index >= 15 is 0 Å². The molecule has 1 amide bonds. The third kappa shape index (κ3) is 4.31. The van der Waals surface area contributed by atoms with Gasteiger partial charge >= 0.3 is 0 Å². The molecule has 1 aromatic carbocycles. The molecule has 0 unspecified atom stereocenters. The van der Waals surface area contributed by atoms with Crippen LogP contribution >= 0.6 is 23.2 Å². The van der Waals surface area contributed by atoms with Gasteiger partial charge in [-0.3, -0.25) is 4.79 Å². The normalized spacial score (nSPS) is 16.1. The molecule has 1 fully saturated rings. The second kappa shape index (κ2) is 7.22. The number of hydrogen-bond donors (Lipinski definition) is 2. The standard InChI is InChI=1S/C13H15Cl2FN2O2/c14-10-5-8(16)6-11(15)13(10)18-12(19)7-20-9-1-3-17-4-2-9/h5-6,9,17H,1-4,7H2,(H,18,19). The molecule has 110 valence electrons. The number of hydrogen-bond acceptors (Lipinski definition) is 3. The molecule has 0 aliphatic carbocycles. The first kappa shape index (κ1) is 15.5. The smallest absolute Gasteiger partial charge is 0.250 e. The molecule has 2 N–H and O–H groups in total. The number of amides is 1. The predicted molar refractivity (Wildman–Crippen MR) is 76.9 cm³/mol. The van der Waals surface area contributed by atoms with Gasteiger partial charge in [0.15, 0.2) is 0 Å². The monoisotopic (exact) mass is 320 g/mol. The molecule has 20 heavy (non-hydrogen) atoms. The van der Waals surface area contributed by atoms with Gasteiger partial charge in [-0.05, 0) is 38.1 Å². The highest BCUT2D eigenvalue weighted by Crippen LogP contribution is 2.31. The van der Waals surface area contributed by atoms with Crippen molar-refractivity contribution in [2.75, 3.05) is 25.0 Å². The molecule has 0 saturated carbocycles. The predicted octanol–water partition coefficient (Wildman–Crippen LogP) is 2.84. The molecule has 4 nitrogen and oxygen atoms in total. The molecule has 0 radical (unpaired) electrons. The number of halogens is 3. The molecule has 1 aromatic rings. The number of anilines is 1. The van der Waals surface area contributed by atoms with Crippen molar-refractivity contribution in [2.45, 2.75) is 18.9 Å². The maximum atomic E-state index is 13.0. The van der Waals surface area contributed by atoms with Crippen LogP contribution in [0.3, 0.4) is 0 Å². The van der Waals surface area contributed by atoms with Crippen LogP contribution < -0.4 is 10.6 Å². The lowest BCUT2D eigenvalue weighted by Crippen LogP contribution is -2.34. The van der Waals surface area contributed by atoms with Gasteiger partial charge in [-0.2, -0.15) is 0 Å². The van der Waals surface area contributed by atoms with Crippen LogP contribution in [0.25, 0.3) is 0 Å². The summed E-state index contributed by atoms with van der Waals surface area (Å²) in [5.74, 6) is -0.914. The van der Waals surface area contributed by atoms with Crippen molar-refractivity contribution < 1.29 is 13.9 Å². The zero-order chi connectivity index (χ0) is 14.5. The lowest BCUT2D eigenvalue weighted by Gasteiger charge is -2.22. The average molecular weight is 321 g/mol. The van der Waals surface area contributed by atoms with Crippen LogP contribution in [0.5, 0.6) is 0 Å². The summed E-state index contributed by atoms with van der Waals surface area (Å²) in [5.41, 5.74) is 0.202. The van der Waals surface area contributed by atoms with Crippen LogP contribution in [-0.2, 0) is 9.53 Å². The summed E-state index contributed by atoms with van der Waals surface area (Å²) >= 11 is 11.7. The van der Waals surface area contributed by atoms with Crippen molar-refractivity contribution in [3.05, 3.63) is 28.0 Å². The molecule has 0 bridgehead atoms. The summed E-state index contributed by atoms with van der Waals surface area (Å²) in [4.78, 5) is 11.8. The second-order valence-corrected chi connectivity index (χ2v) is 5.37. The largest absolute Gasteiger partial charge is 0.368 e. The molecule has 1 saturated heterocycles. The fourth-order valence-electron chi connectivity index (χ4n) is 1.99. The molecular formula is C13H15Cl2FN2O2. The van der Waals surface area contributed by atoms with Crippen LogP contribution in [0.4, 0.5) is 10.1 Å². The first-order valence-electron chi connectivity index (χ1n) is 6.33. The highest BCUT2D eigenvalue weighted by atomic mass is 35.5. The number of carbonyl (C=O) groups excluding carboxylic acids is 1. The Hall–Kier alpha value is -0.880. The third-order valence-corrected chi connectivity index (χ3v) is 3.60. The van der Waals surface area contributed by atoms with Crippen LogP contribution in [0, 0.1) is 5.82 Å². The van der Waals surface area contributed by atoms with Crippen molar-refractivity contribution in [1.82, 2.24) is 5.32 Å². The summed E-state index contributed by atoms with van der Waals surface area (Å²) < 4.78 is 18.5. The molecule has 1 heterocycles. The van der Waals surface area contributed by atoms with E-state index in [1.54, 1.807) is 0 Å². The summed E-state index contributed by atoms with van der Waals surface area (Å²) in [7, 11) is 0. The number of benzene rings is 1. The van der Waals surface area contributed by atoms with E-state index in [0.717, 1.165) is 38.1 Å². The fourth-order valence-corrected chi connectivity index (χ4v) is 2.55. The molecule has 0 atom stereocenters. The van der Waals surface area contributed by atoms with Crippen LogP contribution in [0.15, 0.2) is 12.1 Å². The van der Waals surface area contributed by atoms with Crippen LogP contribution in [0.1, 0.15) is 12.8 Å². The number of carbonyl (C=O) groups is 1. The molecule has 1 aliphatic heterocycles. The Bertz CT molecular complexity index is 470. The number of piperidine rings is 1. The van der Waals surface area contributed by atoms with E-state index < -0.39 is 5.82 Å². The van der Waals surface area contributed by atoms with Gasteiger partial charge in [-0.25, -0.2) is 4.39 Å². The quantitative estimate of drug-likeness (QED) is 0.897. The van der Waals surface area contributed by atoms with E-state index in [0.29, 0.717) is 0 Å². The van der Waals surface area contributed by atoms with E-state index in [2.05, 4.69) is 10.6 Å². The van der Waals surface area contributed by atoms with Gasteiger partial charge in [-0.1, -0.05) is 23.2 Å². The summed E-state index contributed by atoms with van der Waals surface area (Å²) in [5, 5.41) is 5.87. The minimum atomic E-state index is -0.552. The van der Waals surface area contributed by atoms with Gasteiger partial charge in [-0.15, -0.1) is 0 Å². The van der Waals surface area contributed by atoms with Crippen LogP contribution in [-0.4, -0.2) is 31.7 Å². The van der Waals surface area contributed by atoms with Gasteiger partial charge in [0.1, 0.15) is 12.4 Å². The van der Waals surface area contributed by atoms with E-state index in [1.807, 2.05) is 0 Å². The van der Waals surface area contributed by atoms with Crippen molar-refractivity contribution in [3.63, 3.8) is 0 Å². The Balaban J connectivity index is 1.88. The topological polar surface area (TPSA) is 50.4 Å². The Kier molecular flexibility index (Phi) is 5.60. The average Bonchev–Trinajstić information content (AvgIpc) is 2.42. The highest BCUT2D eigenvalue weighted by Gasteiger charge is 2.16. The van der Waals surface area contributed by atoms with Crippen molar-refractivity contribution in [3.8, 4) is 0 Å². The number of rotatable bonds is 4. The Morgan fingerprint density at radius 2 is 1.95 bits per heavy atom. The molecule has 2 rings (SSSR count). The maximum absolute atomic E-state index is 13.0. The van der Waals surface area contributed by atoms with Crippen molar-refractivity contribution in [1.29, 1.82) is 0 Å². The first-order valence-corrected chi connectivity index (χ1v) is 7.08. The first-order chi connectivity index (χ1) is 9.56. The molecular weight excluding hydrogens is 306 g/mol. The lowest BCUT2D eigenvalue weighted by atomic mass is 10.1. The molecule has 0 spiro atoms. The third-order valence-electron chi connectivity index (χ3n) is 3.01. The SMILES string of the molecule is O=C(COC1CCNCC1)Nc1c(Cl)cc(F)cc1Cl. The molecule has 7 heteroatoms. The number of nitrogens with one attached hydrogen (secondary N) is 2. The summed E-state index contributed by atoms with van der Waals surface area (Å²) in [6.45, 7) is 1.71. The minimum absolute atomic E-state index is 0.0604. The molecule has 0 aromatic heterocycles. The highest BCUT2D eigenvalue weighted by molar-refractivity contribution is 6.39. The van der Waals surface area contributed by atoms with E-state index in [9.17, 15) is 9.18 Å². The number of ether oxygens (including phenoxy) is 1. The van der Waals surface area contributed by atoms with E-state index in [4.69, 9.17) is 27.9 Å². The van der Waals surface area contributed by atoms with E-state index in [-0.39, 0.29) is 34.4 Å². The Morgan fingerprint density at radius 3 is 2.55 bits per heavy atom. The zero-order valence-electron chi connectivity index (χ0n) is 10.7. The van der Waals surface area contributed by atoms with Gasteiger partial charge in [0.2, 0.25) is 5.91 Å². The van der Waals surface area contributed by atoms with Gasteiger partial charge in [0.05, 0.1) is 21.8 Å². The maximum Gasteiger partial charge on any atom is 0.250 e. The van der Waals surface area contributed by atoms with Crippen molar-refractivity contribution in [2.24, 2.45) is 0 Å². The van der Waals surface area contributed by atoms with Crippen LogP contribution in [0.2, 0.25) is 10.0 Å². The Labute approximate surface area is 126 Å². The fraction of sp³-hybridized carbons (Fsp3) is 0.462. The summed E-state index contributed by atoms with van der Waals surface area (Å²) in [6, 6.07) is 2.19. The second-order valence-electron chi connectivity index (χ2n) is 4.55. The van der Waals surface area contributed by atoms with Crippen molar-refractivity contribution >= 4 is 34.8 Å². The Morgan fingerprint density at radius 1 is 1.35 bits per heavy atom. The van der Waals surface area contributed by atoms with Gasteiger partial charge in [0.25, 0.3) is 0 Å². The summed E-state index contributed by atoms with van der Waals surface area (Å²) in [6.07, 6.45) is 1.85.